The van der Waals surface area contributed by atoms with E-state index in [-0.39, 0.29) is 35.3 Å². The Bertz CT molecular complexity index is 808. The van der Waals surface area contributed by atoms with Crippen molar-refractivity contribution in [2.75, 3.05) is 13.2 Å². The van der Waals surface area contributed by atoms with Crippen molar-refractivity contribution < 1.29 is 19.2 Å². The van der Waals surface area contributed by atoms with Gasteiger partial charge in [0.25, 0.3) is 11.6 Å². The van der Waals surface area contributed by atoms with Crippen LogP contribution < -0.4 is 0 Å². The fourth-order valence-corrected chi connectivity index (χ4v) is 2.81. The minimum Gasteiger partial charge on any atom is -0.462 e. The third-order valence-corrected chi connectivity index (χ3v) is 3.93. The van der Waals surface area contributed by atoms with Crippen LogP contribution in [0.1, 0.15) is 33.3 Å². The number of non-ortho nitro benzene ring substituents is 1. The second-order valence-corrected chi connectivity index (χ2v) is 6.40. The molecular weight excluding hydrogens is 336 g/mol. The molecule has 0 saturated carbocycles. The Morgan fingerprint density at radius 1 is 1.38 bits per heavy atom. The quantitative estimate of drug-likeness (QED) is 0.337. The Labute approximate surface area is 152 Å². The second kappa shape index (κ2) is 7.95. The molecule has 0 aromatic heterocycles. The van der Waals surface area contributed by atoms with Gasteiger partial charge in [-0.2, -0.15) is 0 Å². The third kappa shape index (κ3) is 3.99. The lowest BCUT2D eigenvalue weighted by Gasteiger charge is -2.19. The van der Waals surface area contributed by atoms with Crippen molar-refractivity contribution in [1.82, 2.24) is 4.90 Å². The van der Waals surface area contributed by atoms with Crippen molar-refractivity contribution in [3.63, 3.8) is 0 Å². The molecule has 1 aromatic rings. The molecule has 2 rings (SSSR count). The number of benzene rings is 1. The average Bonchev–Trinajstić information content (AvgIpc) is 2.79. The van der Waals surface area contributed by atoms with Crippen molar-refractivity contribution in [3.8, 4) is 0 Å². The number of hydrogen-bond donors (Lipinski definition) is 0. The molecule has 0 fully saturated rings. The molecule has 0 spiro atoms. The predicted molar refractivity (Wildman–Crippen MR) is 97.0 cm³/mol. The zero-order chi connectivity index (χ0) is 19.4. The van der Waals surface area contributed by atoms with E-state index < -0.39 is 10.9 Å². The summed E-state index contributed by atoms with van der Waals surface area (Å²) in [5.41, 5.74) is 1.34. The molecule has 0 aliphatic carbocycles. The first-order chi connectivity index (χ1) is 12.3. The van der Waals surface area contributed by atoms with Gasteiger partial charge in [0.05, 0.1) is 22.7 Å². The summed E-state index contributed by atoms with van der Waals surface area (Å²) >= 11 is 0. The highest BCUT2D eigenvalue weighted by atomic mass is 16.6. The predicted octanol–water partition coefficient (Wildman–Crippen LogP) is 3.31. The molecule has 0 saturated heterocycles. The molecule has 7 heteroatoms. The topological polar surface area (TPSA) is 89.8 Å². The van der Waals surface area contributed by atoms with E-state index in [9.17, 15) is 19.7 Å². The highest BCUT2D eigenvalue weighted by molar-refractivity contribution is 6.16. The molecule has 1 amide bonds. The van der Waals surface area contributed by atoms with Crippen molar-refractivity contribution in [2.45, 2.75) is 27.7 Å². The number of nitro benzene ring substituents is 1. The summed E-state index contributed by atoms with van der Waals surface area (Å²) < 4.78 is 5.10. The second-order valence-electron chi connectivity index (χ2n) is 6.40. The Hall–Kier alpha value is -2.96. The molecular formula is C19H22N2O5. The van der Waals surface area contributed by atoms with Crippen LogP contribution in [0.2, 0.25) is 0 Å². The lowest BCUT2D eigenvalue weighted by molar-refractivity contribution is -0.384. The number of ether oxygens (including phenoxy) is 1. The van der Waals surface area contributed by atoms with Crippen LogP contribution in [-0.4, -0.2) is 34.9 Å². The number of rotatable bonds is 6. The summed E-state index contributed by atoms with van der Waals surface area (Å²) in [7, 11) is 0. The number of amides is 1. The van der Waals surface area contributed by atoms with Gasteiger partial charge in [0.2, 0.25) is 0 Å². The molecule has 0 N–H and O–H groups in total. The van der Waals surface area contributed by atoms with E-state index in [1.165, 1.54) is 24.3 Å². The van der Waals surface area contributed by atoms with Gasteiger partial charge in [-0.05, 0) is 31.4 Å². The molecule has 1 aliphatic heterocycles. The fourth-order valence-electron chi connectivity index (χ4n) is 2.81. The maximum Gasteiger partial charge on any atom is 0.340 e. The van der Waals surface area contributed by atoms with Crippen molar-refractivity contribution in [1.29, 1.82) is 0 Å². The van der Waals surface area contributed by atoms with Gasteiger partial charge in [-0.15, -0.1) is 0 Å². The number of nitrogens with zero attached hydrogens (tertiary/aromatic N) is 2. The third-order valence-electron chi connectivity index (χ3n) is 3.93. The van der Waals surface area contributed by atoms with Gasteiger partial charge in [-0.3, -0.25) is 14.9 Å². The molecule has 1 aromatic carbocycles. The van der Waals surface area contributed by atoms with Gasteiger partial charge in [0.1, 0.15) is 0 Å². The first-order valence-electron chi connectivity index (χ1n) is 8.42. The zero-order valence-corrected chi connectivity index (χ0v) is 15.3. The van der Waals surface area contributed by atoms with Crippen LogP contribution in [0.25, 0.3) is 6.08 Å². The Balaban J connectivity index is 2.53. The highest BCUT2D eigenvalue weighted by Crippen LogP contribution is 2.32. The van der Waals surface area contributed by atoms with Gasteiger partial charge in [0.15, 0.2) is 0 Å². The van der Waals surface area contributed by atoms with Gasteiger partial charge in [0, 0.05) is 24.4 Å². The van der Waals surface area contributed by atoms with Crippen LogP contribution in [0.5, 0.6) is 0 Å². The molecule has 0 unspecified atom stereocenters. The van der Waals surface area contributed by atoms with Crippen molar-refractivity contribution >= 4 is 23.6 Å². The van der Waals surface area contributed by atoms with E-state index in [0.717, 1.165) is 0 Å². The SMILES string of the molecule is CCOC(=O)C1=C(C)N(CC(C)C)C(=O)/C1=C\c1cccc([N+](=O)[O-])c1. The lowest BCUT2D eigenvalue weighted by Crippen LogP contribution is -2.28. The summed E-state index contributed by atoms with van der Waals surface area (Å²) in [6, 6.07) is 5.92. The zero-order valence-electron chi connectivity index (χ0n) is 15.3. The van der Waals surface area contributed by atoms with Gasteiger partial charge < -0.3 is 9.64 Å². The van der Waals surface area contributed by atoms with Crippen molar-refractivity contribution in [2.24, 2.45) is 5.92 Å². The van der Waals surface area contributed by atoms with E-state index in [0.29, 0.717) is 17.8 Å². The van der Waals surface area contributed by atoms with Gasteiger partial charge in [-0.1, -0.05) is 26.0 Å². The summed E-state index contributed by atoms with van der Waals surface area (Å²) in [5, 5.41) is 11.0. The number of esters is 1. The summed E-state index contributed by atoms with van der Waals surface area (Å²) in [5.74, 6) is -0.651. The van der Waals surface area contributed by atoms with Crippen LogP contribution in [0.3, 0.4) is 0 Å². The molecule has 1 aliphatic rings. The van der Waals surface area contributed by atoms with E-state index in [1.54, 1.807) is 24.8 Å². The lowest BCUT2D eigenvalue weighted by atomic mass is 10.0. The number of hydrogen-bond acceptors (Lipinski definition) is 5. The van der Waals surface area contributed by atoms with E-state index in [4.69, 9.17) is 4.74 Å². The Morgan fingerprint density at radius 2 is 2.08 bits per heavy atom. The number of nitro groups is 1. The molecule has 138 valence electrons. The van der Waals surface area contributed by atoms with Crippen LogP contribution in [0, 0.1) is 16.0 Å². The van der Waals surface area contributed by atoms with Crippen LogP contribution in [-0.2, 0) is 14.3 Å². The normalized spacial score (nSPS) is 16.0. The fraction of sp³-hybridized carbons (Fsp3) is 0.368. The van der Waals surface area contributed by atoms with E-state index in [2.05, 4.69) is 0 Å². The van der Waals surface area contributed by atoms with E-state index >= 15 is 0 Å². The Morgan fingerprint density at radius 3 is 2.65 bits per heavy atom. The molecule has 1 heterocycles. The number of carbonyl (C=O) groups excluding carboxylic acids is 2. The largest absolute Gasteiger partial charge is 0.462 e. The first kappa shape index (κ1) is 19.4. The summed E-state index contributed by atoms with van der Waals surface area (Å²) in [6.45, 7) is 8.03. The Kier molecular flexibility index (Phi) is 5.92. The van der Waals surface area contributed by atoms with Crippen molar-refractivity contribution in [3.05, 3.63) is 56.8 Å². The monoisotopic (exact) mass is 358 g/mol. The summed E-state index contributed by atoms with van der Waals surface area (Å²) in [4.78, 5) is 37.3. The molecule has 0 radical (unpaired) electrons. The smallest absolute Gasteiger partial charge is 0.340 e. The van der Waals surface area contributed by atoms with Gasteiger partial charge >= 0.3 is 5.97 Å². The van der Waals surface area contributed by atoms with Gasteiger partial charge in [-0.25, -0.2) is 4.79 Å². The maximum absolute atomic E-state index is 12.9. The van der Waals surface area contributed by atoms with Crippen LogP contribution in [0.15, 0.2) is 41.1 Å². The maximum atomic E-state index is 12.9. The molecule has 7 nitrogen and oxygen atoms in total. The molecule has 0 bridgehead atoms. The highest BCUT2D eigenvalue weighted by Gasteiger charge is 2.37. The average molecular weight is 358 g/mol. The molecule has 0 atom stereocenters. The van der Waals surface area contributed by atoms with Crippen LogP contribution in [0.4, 0.5) is 5.69 Å². The minimum absolute atomic E-state index is 0.0813. The molecule has 26 heavy (non-hydrogen) atoms. The number of allylic oxidation sites excluding steroid dienone is 1. The standard InChI is InChI=1S/C19H22N2O5/c1-5-26-19(23)17-13(4)20(11-12(2)3)18(22)16(17)10-14-7-6-8-15(9-14)21(24)25/h6-10,12H,5,11H2,1-4H3/b16-10-. The summed E-state index contributed by atoms with van der Waals surface area (Å²) in [6.07, 6.45) is 1.51. The van der Waals surface area contributed by atoms with Crippen LogP contribution >= 0.6 is 0 Å². The first-order valence-corrected chi connectivity index (χ1v) is 8.42. The van der Waals surface area contributed by atoms with E-state index in [1.807, 2.05) is 13.8 Å². The minimum atomic E-state index is -0.568. The number of carbonyl (C=O) groups is 2.